The maximum absolute atomic E-state index is 12.0. The van der Waals surface area contributed by atoms with Gasteiger partial charge in [-0.2, -0.15) is 0 Å². The van der Waals surface area contributed by atoms with E-state index in [1.807, 2.05) is 20.8 Å². The van der Waals surface area contributed by atoms with E-state index in [0.29, 0.717) is 16.3 Å². The third kappa shape index (κ3) is 4.59. The smallest absolute Gasteiger partial charge is 0.227 e. The maximum Gasteiger partial charge on any atom is 0.227 e. The molecule has 1 rings (SSSR count). The Bertz CT molecular complexity index is 515. The molecule has 1 atom stereocenters. The molecule has 19 heavy (non-hydrogen) atoms. The van der Waals surface area contributed by atoms with Gasteiger partial charge in [0.25, 0.3) is 0 Å². The van der Waals surface area contributed by atoms with Crippen molar-refractivity contribution in [1.82, 2.24) is 0 Å². The zero-order chi connectivity index (χ0) is 14.4. The molecule has 0 bridgehead atoms. The van der Waals surface area contributed by atoms with Gasteiger partial charge in [0, 0.05) is 16.5 Å². The Morgan fingerprint density at radius 2 is 2.11 bits per heavy atom. The van der Waals surface area contributed by atoms with Crippen LogP contribution in [0.15, 0.2) is 18.2 Å². The Kier molecular flexibility index (Phi) is 5.88. The summed E-state index contributed by atoms with van der Waals surface area (Å²) in [5, 5.41) is 12.1. The molecule has 1 amide bonds. The van der Waals surface area contributed by atoms with Crippen molar-refractivity contribution >= 4 is 23.2 Å². The van der Waals surface area contributed by atoms with E-state index in [0.717, 1.165) is 0 Å². The van der Waals surface area contributed by atoms with Crippen LogP contribution in [-0.4, -0.2) is 17.6 Å². The summed E-state index contributed by atoms with van der Waals surface area (Å²) in [6.07, 6.45) is 0. The lowest BCUT2D eigenvalue weighted by Gasteiger charge is -2.16. The third-order valence-corrected chi connectivity index (χ3v) is 3.19. The number of benzene rings is 1. The molecule has 3 nitrogen and oxygen atoms in total. The Morgan fingerprint density at radius 3 is 2.68 bits per heavy atom. The van der Waals surface area contributed by atoms with E-state index in [-0.39, 0.29) is 24.3 Å². The predicted octanol–water partition coefficient (Wildman–Crippen LogP) is 2.91. The summed E-state index contributed by atoms with van der Waals surface area (Å²) in [7, 11) is 0. The highest BCUT2D eigenvalue weighted by Gasteiger charge is 2.17. The van der Waals surface area contributed by atoms with Gasteiger partial charge in [-0.25, -0.2) is 0 Å². The van der Waals surface area contributed by atoms with Crippen molar-refractivity contribution in [2.24, 2.45) is 11.8 Å². The number of rotatable bonds is 3. The highest BCUT2D eigenvalue weighted by molar-refractivity contribution is 6.30. The first-order valence-electron chi connectivity index (χ1n) is 6.15. The zero-order valence-electron chi connectivity index (χ0n) is 11.3. The Hall–Kier alpha value is -1.50. The van der Waals surface area contributed by atoms with E-state index < -0.39 is 0 Å². The van der Waals surface area contributed by atoms with Crippen LogP contribution in [0.25, 0.3) is 0 Å². The molecule has 4 heteroatoms. The summed E-state index contributed by atoms with van der Waals surface area (Å²) >= 11 is 5.90. The monoisotopic (exact) mass is 279 g/mol. The number of carbonyl (C=O) groups is 1. The Morgan fingerprint density at radius 1 is 1.42 bits per heavy atom. The van der Waals surface area contributed by atoms with Gasteiger partial charge in [0.2, 0.25) is 5.91 Å². The fourth-order valence-corrected chi connectivity index (χ4v) is 1.59. The third-order valence-electron chi connectivity index (χ3n) is 2.96. The van der Waals surface area contributed by atoms with Crippen molar-refractivity contribution in [2.45, 2.75) is 20.8 Å². The summed E-state index contributed by atoms with van der Waals surface area (Å²) in [4.78, 5) is 12.0. The SMILES string of the molecule is CC(C)C(C)C(=O)Nc1ccc(Cl)cc1C#CCO. The van der Waals surface area contributed by atoms with Gasteiger partial charge in [0.1, 0.15) is 6.61 Å². The fourth-order valence-electron chi connectivity index (χ4n) is 1.41. The minimum atomic E-state index is -0.234. The van der Waals surface area contributed by atoms with Crippen molar-refractivity contribution in [3.8, 4) is 11.8 Å². The maximum atomic E-state index is 12.0. The molecule has 1 aromatic carbocycles. The number of anilines is 1. The molecule has 0 heterocycles. The fraction of sp³-hybridized carbons (Fsp3) is 0.400. The second-order valence-electron chi connectivity index (χ2n) is 4.67. The average Bonchev–Trinajstić information content (AvgIpc) is 2.37. The van der Waals surface area contributed by atoms with Crippen LogP contribution in [0.2, 0.25) is 5.02 Å². The first-order valence-corrected chi connectivity index (χ1v) is 6.53. The van der Waals surface area contributed by atoms with Crippen LogP contribution in [0.5, 0.6) is 0 Å². The summed E-state index contributed by atoms with van der Waals surface area (Å²) < 4.78 is 0. The quantitative estimate of drug-likeness (QED) is 0.836. The molecule has 1 unspecified atom stereocenters. The van der Waals surface area contributed by atoms with Gasteiger partial charge in [-0.05, 0) is 24.1 Å². The van der Waals surface area contributed by atoms with Gasteiger partial charge < -0.3 is 10.4 Å². The molecule has 2 N–H and O–H groups in total. The van der Waals surface area contributed by atoms with Crippen molar-refractivity contribution in [1.29, 1.82) is 0 Å². The molecule has 0 fully saturated rings. The topological polar surface area (TPSA) is 49.3 Å². The van der Waals surface area contributed by atoms with Crippen LogP contribution < -0.4 is 5.32 Å². The van der Waals surface area contributed by atoms with E-state index in [1.54, 1.807) is 18.2 Å². The van der Waals surface area contributed by atoms with E-state index in [9.17, 15) is 4.79 Å². The van der Waals surface area contributed by atoms with Gasteiger partial charge in [-0.1, -0.05) is 44.2 Å². The first-order chi connectivity index (χ1) is 8.95. The average molecular weight is 280 g/mol. The van der Waals surface area contributed by atoms with Gasteiger partial charge in [0.05, 0.1) is 5.69 Å². The van der Waals surface area contributed by atoms with Crippen molar-refractivity contribution in [3.05, 3.63) is 28.8 Å². The molecule has 0 aliphatic rings. The zero-order valence-corrected chi connectivity index (χ0v) is 12.1. The standard InChI is InChI=1S/C15H18ClNO2/c1-10(2)11(3)15(19)17-14-7-6-13(16)9-12(14)5-4-8-18/h6-7,9-11,18H,8H2,1-3H3,(H,17,19). The number of aliphatic hydroxyl groups is 1. The number of carbonyl (C=O) groups excluding carboxylic acids is 1. The van der Waals surface area contributed by atoms with Crippen LogP contribution in [0, 0.1) is 23.7 Å². The Balaban J connectivity index is 2.97. The van der Waals surface area contributed by atoms with E-state index in [4.69, 9.17) is 16.7 Å². The van der Waals surface area contributed by atoms with E-state index in [2.05, 4.69) is 17.2 Å². The molecular weight excluding hydrogens is 262 g/mol. The lowest BCUT2D eigenvalue weighted by molar-refractivity contribution is -0.120. The van der Waals surface area contributed by atoms with Crippen LogP contribution in [0.4, 0.5) is 5.69 Å². The summed E-state index contributed by atoms with van der Waals surface area (Å²) in [5.74, 6) is 5.45. The first kappa shape index (κ1) is 15.6. The van der Waals surface area contributed by atoms with E-state index in [1.165, 1.54) is 0 Å². The molecule has 0 spiro atoms. The van der Waals surface area contributed by atoms with Crippen LogP contribution >= 0.6 is 11.6 Å². The number of amides is 1. The second kappa shape index (κ2) is 7.18. The molecule has 0 saturated heterocycles. The molecular formula is C15H18ClNO2. The summed E-state index contributed by atoms with van der Waals surface area (Å²) in [6.45, 7) is 5.65. The molecule has 0 radical (unpaired) electrons. The number of nitrogens with one attached hydrogen (secondary N) is 1. The van der Waals surface area contributed by atoms with Crippen LogP contribution in [-0.2, 0) is 4.79 Å². The van der Waals surface area contributed by atoms with Crippen LogP contribution in [0.3, 0.4) is 0 Å². The number of hydrogen-bond acceptors (Lipinski definition) is 2. The van der Waals surface area contributed by atoms with Crippen molar-refractivity contribution in [3.63, 3.8) is 0 Å². The van der Waals surface area contributed by atoms with Gasteiger partial charge >= 0.3 is 0 Å². The number of hydrogen-bond donors (Lipinski definition) is 2. The van der Waals surface area contributed by atoms with Crippen molar-refractivity contribution in [2.75, 3.05) is 11.9 Å². The molecule has 0 aliphatic carbocycles. The largest absolute Gasteiger partial charge is 0.384 e. The van der Waals surface area contributed by atoms with Gasteiger partial charge in [-0.15, -0.1) is 0 Å². The minimum Gasteiger partial charge on any atom is -0.384 e. The summed E-state index contributed by atoms with van der Waals surface area (Å²) in [6, 6.07) is 5.08. The number of halogens is 1. The van der Waals surface area contributed by atoms with Crippen molar-refractivity contribution < 1.29 is 9.90 Å². The summed E-state index contributed by atoms with van der Waals surface area (Å²) in [5.41, 5.74) is 1.22. The van der Waals surface area contributed by atoms with Gasteiger partial charge in [-0.3, -0.25) is 4.79 Å². The molecule has 0 aromatic heterocycles. The normalized spacial score (nSPS) is 11.7. The van der Waals surface area contributed by atoms with E-state index >= 15 is 0 Å². The second-order valence-corrected chi connectivity index (χ2v) is 5.11. The highest BCUT2D eigenvalue weighted by atomic mass is 35.5. The molecule has 0 saturated carbocycles. The number of aliphatic hydroxyl groups excluding tert-OH is 1. The van der Waals surface area contributed by atoms with Gasteiger partial charge in [0.15, 0.2) is 0 Å². The Labute approximate surface area is 119 Å². The molecule has 102 valence electrons. The highest BCUT2D eigenvalue weighted by Crippen LogP contribution is 2.21. The predicted molar refractivity (Wildman–Crippen MR) is 78.0 cm³/mol. The molecule has 1 aromatic rings. The lowest BCUT2D eigenvalue weighted by Crippen LogP contribution is -2.24. The van der Waals surface area contributed by atoms with Crippen LogP contribution in [0.1, 0.15) is 26.3 Å². The minimum absolute atomic E-state index is 0.0515. The lowest BCUT2D eigenvalue weighted by atomic mass is 9.97. The molecule has 0 aliphatic heterocycles.